The molecule has 2 rings (SSSR count). The van der Waals surface area contributed by atoms with Crippen LogP contribution in [0.2, 0.25) is 0 Å². The maximum absolute atomic E-state index is 12.2. The lowest BCUT2D eigenvalue weighted by atomic mass is 10.0. The first-order chi connectivity index (χ1) is 12.0. The second kappa shape index (κ2) is 9.08. The fourth-order valence-corrected chi connectivity index (χ4v) is 2.64. The number of nitrogens with one attached hydrogen (secondary N) is 1. The summed E-state index contributed by atoms with van der Waals surface area (Å²) in [4.78, 5) is 14.2. The fraction of sp³-hybridized carbons (Fsp3) is 0.350. The number of carbonyl (C=O) groups is 1. The molecule has 1 N–H and O–H groups in total. The summed E-state index contributed by atoms with van der Waals surface area (Å²) in [6, 6.07) is 15.5. The third-order valence-corrected chi connectivity index (χ3v) is 4.07. The number of aryl methyl sites for hydroxylation is 1. The zero-order valence-corrected chi connectivity index (χ0v) is 15.3. The van der Waals surface area contributed by atoms with Crippen molar-refractivity contribution in [3.63, 3.8) is 0 Å². The highest BCUT2D eigenvalue weighted by atomic mass is 16.5. The number of methoxy groups -OCH3 is 1. The smallest absolute Gasteiger partial charge is 0.258 e. The number of para-hydroxylation sites is 2. The molecule has 0 saturated heterocycles. The Labute approximate surface area is 149 Å². The molecule has 5 heteroatoms. The predicted octanol–water partition coefficient (Wildman–Crippen LogP) is 2.80. The van der Waals surface area contributed by atoms with Gasteiger partial charge in [-0.15, -0.1) is 0 Å². The molecular formula is C20H26N2O3. The quantitative estimate of drug-likeness (QED) is 0.801. The van der Waals surface area contributed by atoms with Crippen LogP contribution in [0.25, 0.3) is 0 Å². The van der Waals surface area contributed by atoms with Gasteiger partial charge in [0.1, 0.15) is 11.5 Å². The number of hydrogen-bond acceptors (Lipinski definition) is 4. The monoisotopic (exact) mass is 342 g/mol. The Morgan fingerprint density at radius 1 is 1.08 bits per heavy atom. The van der Waals surface area contributed by atoms with E-state index in [1.54, 1.807) is 7.11 Å². The molecule has 0 aliphatic heterocycles. The molecule has 2 aromatic carbocycles. The van der Waals surface area contributed by atoms with Gasteiger partial charge >= 0.3 is 0 Å². The molecule has 2 aromatic rings. The number of carbonyl (C=O) groups excluding carboxylic acids is 1. The Morgan fingerprint density at radius 3 is 2.36 bits per heavy atom. The number of nitrogens with zero attached hydrogens (tertiary/aromatic N) is 1. The van der Waals surface area contributed by atoms with Crippen LogP contribution < -0.4 is 14.8 Å². The standard InChI is InChI=1S/C20H26N2O3/c1-15-9-5-7-11-18(15)25-14-20(23)21-13-17(22(2)3)16-10-6-8-12-19(16)24-4/h5-12,17H,13-14H2,1-4H3,(H,21,23)/t17-/m0/s1. The molecule has 134 valence electrons. The first-order valence-electron chi connectivity index (χ1n) is 8.27. The maximum Gasteiger partial charge on any atom is 0.258 e. The molecular weight excluding hydrogens is 316 g/mol. The largest absolute Gasteiger partial charge is 0.496 e. The van der Waals surface area contributed by atoms with Gasteiger partial charge in [0.25, 0.3) is 5.91 Å². The van der Waals surface area contributed by atoms with Gasteiger partial charge in [-0.1, -0.05) is 36.4 Å². The van der Waals surface area contributed by atoms with Crippen LogP contribution >= 0.6 is 0 Å². The van der Waals surface area contributed by atoms with Crippen LogP contribution in [-0.2, 0) is 4.79 Å². The topological polar surface area (TPSA) is 50.8 Å². The molecule has 25 heavy (non-hydrogen) atoms. The van der Waals surface area contributed by atoms with Crippen LogP contribution in [0.15, 0.2) is 48.5 Å². The van der Waals surface area contributed by atoms with Gasteiger partial charge in [-0.05, 0) is 38.7 Å². The average Bonchev–Trinajstić information content (AvgIpc) is 2.61. The summed E-state index contributed by atoms with van der Waals surface area (Å²) in [5.41, 5.74) is 2.05. The van der Waals surface area contributed by atoms with Crippen LogP contribution in [0, 0.1) is 6.92 Å². The van der Waals surface area contributed by atoms with Gasteiger partial charge < -0.3 is 19.7 Å². The Kier molecular flexibility index (Phi) is 6.83. The first kappa shape index (κ1) is 18.8. The number of benzene rings is 2. The Bertz CT molecular complexity index is 701. The Morgan fingerprint density at radius 2 is 1.72 bits per heavy atom. The zero-order chi connectivity index (χ0) is 18.2. The summed E-state index contributed by atoms with van der Waals surface area (Å²) in [7, 11) is 5.61. The van der Waals surface area contributed by atoms with E-state index in [9.17, 15) is 4.79 Å². The van der Waals surface area contributed by atoms with Gasteiger partial charge in [-0.25, -0.2) is 0 Å². The number of amides is 1. The predicted molar refractivity (Wildman–Crippen MR) is 99.1 cm³/mol. The molecule has 0 aliphatic carbocycles. The van der Waals surface area contributed by atoms with Crippen molar-refractivity contribution in [1.82, 2.24) is 10.2 Å². The highest BCUT2D eigenvalue weighted by molar-refractivity contribution is 5.77. The number of likely N-dealkylation sites (N-methyl/N-ethyl adjacent to an activating group) is 1. The van der Waals surface area contributed by atoms with Crippen molar-refractivity contribution in [2.75, 3.05) is 34.4 Å². The molecule has 0 fully saturated rings. The Hall–Kier alpha value is -2.53. The van der Waals surface area contributed by atoms with E-state index in [1.807, 2.05) is 69.6 Å². The van der Waals surface area contributed by atoms with Gasteiger partial charge in [0.15, 0.2) is 6.61 Å². The van der Waals surface area contributed by atoms with E-state index in [4.69, 9.17) is 9.47 Å². The summed E-state index contributed by atoms with van der Waals surface area (Å²) in [6.07, 6.45) is 0. The molecule has 1 atom stereocenters. The van der Waals surface area contributed by atoms with Crippen LogP contribution in [0.5, 0.6) is 11.5 Å². The van der Waals surface area contributed by atoms with E-state index in [2.05, 4.69) is 10.2 Å². The number of hydrogen-bond donors (Lipinski definition) is 1. The van der Waals surface area contributed by atoms with E-state index < -0.39 is 0 Å². The molecule has 0 saturated carbocycles. The highest BCUT2D eigenvalue weighted by Gasteiger charge is 2.19. The first-order valence-corrected chi connectivity index (χ1v) is 8.27. The van der Waals surface area contributed by atoms with Gasteiger partial charge in [0, 0.05) is 12.1 Å². The summed E-state index contributed by atoms with van der Waals surface area (Å²) in [5, 5.41) is 2.94. The molecule has 0 radical (unpaired) electrons. The molecule has 0 heterocycles. The maximum atomic E-state index is 12.2. The third-order valence-electron chi connectivity index (χ3n) is 4.07. The van der Waals surface area contributed by atoms with Gasteiger partial charge in [-0.2, -0.15) is 0 Å². The summed E-state index contributed by atoms with van der Waals surface area (Å²) < 4.78 is 11.0. The van der Waals surface area contributed by atoms with Crippen molar-refractivity contribution < 1.29 is 14.3 Å². The van der Waals surface area contributed by atoms with Crippen molar-refractivity contribution >= 4 is 5.91 Å². The summed E-state index contributed by atoms with van der Waals surface area (Å²) in [5.74, 6) is 1.39. The van der Waals surface area contributed by atoms with Gasteiger partial charge in [0.2, 0.25) is 0 Å². The summed E-state index contributed by atoms with van der Waals surface area (Å²) in [6.45, 7) is 2.43. The van der Waals surface area contributed by atoms with Crippen molar-refractivity contribution in [1.29, 1.82) is 0 Å². The second-order valence-electron chi connectivity index (χ2n) is 6.08. The molecule has 0 aliphatic rings. The lowest BCUT2D eigenvalue weighted by Gasteiger charge is -2.26. The lowest BCUT2D eigenvalue weighted by Crippen LogP contribution is -2.37. The highest BCUT2D eigenvalue weighted by Crippen LogP contribution is 2.27. The average molecular weight is 342 g/mol. The second-order valence-corrected chi connectivity index (χ2v) is 6.08. The van der Waals surface area contributed by atoms with Crippen LogP contribution in [-0.4, -0.2) is 45.2 Å². The minimum Gasteiger partial charge on any atom is -0.496 e. The molecule has 1 amide bonds. The minimum atomic E-state index is -0.148. The third kappa shape index (κ3) is 5.22. The molecule has 0 spiro atoms. The molecule has 0 bridgehead atoms. The van der Waals surface area contributed by atoms with Gasteiger partial charge in [-0.3, -0.25) is 4.79 Å². The van der Waals surface area contributed by atoms with Crippen LogP contribution in [0.1, 0.15) is 17.2 Å². The normalized spacial score (nSPS) is 11.9. The van der Waals surface area contributed by atoms with Crippen molar-refractivity contribution in [3.05, 3.63) is 59.7 Å². The SMILES string of the molecule is COc1ccccc1[C@H](CNC(=O)COc1ccccc1C)N(C)C. The van der Waals surface area contributed by atoms with E-state index in [1.165, 1.54) is 0 Å². The molecule has 0 aromatic heterocycles. The fourth-order valence-electron chi connectivity index (χ4n) is 2.64. The van der Waals surface area contributed by atoms with Crippen LogP contribution in [0.4, 0.5) is 0 Å². The Balaban J connectivity index is 1.95. The van der Waals surface area contributed by atoms with Gasteiger partial charge in [0.05, 0.1) is 13.2 Å². The van der Waals surface area contributed by atoms with Crippen molar-refractivity contribution in [2.24, 2.45) is 0 Å². The number of ether oxygens (including phenoxy) is 2. The van der Waals surface area contributed by atoms with Crippen LogP contribution in [0.3, 0.4) is 0 Å². The minimum absolute atomic E-state index is 0.00305. The lowest BCUT2D eigenvalue weighted by molar-refractivity contribution is -0.123. The van der Waals surface area contributed by atoms with E-state index >= 15 is 0 Å². The zero-order valence-electron chi connectivity index (χ0n) is 15.3. The van der Waals surface area contributed by atoms with E-state index in [0.29, 0.717) is 6.54 Å². The summed E-state index contributed by atoms with van der Waals surface area (Å²) >= 11 is 0. The van der Waals surface area contributed by atoms with E-state index in [-0.39, 0.29) is 18.6 Å². The molecule has 5 nitrogen and oxygen atoms in total. The van der Waals surface area contributed by atoms with Crippen molar-refractivity contribution in [3.8, 4) is 11.5 Å². The van der Waals surface area contributed by atoms with Crippen molar-refractivity contribution in [2.45, 2.75) is 13.0 Å². The van der Waals surface area contributed by atoms with E-state index in [0.717, 1.165) is 22.6 Å². The molecule has 0 unspecified atom stereocenters. The number of rotatable bonds is 8.